The van der Waals surface area contributed by atoms with Crippen LogP contribution in [-0.2, 0) is 33.4 Å². The molecular formula is C23H22F4O10. The highest BCUT2D eigenvalue weighted by Crippen LogP contribution is 2.37. The Morgan fingerprint density at radius 1 is 0.811 bits per heavy atom. The van der Waals surface area contributed by atoms with Crippen LogP contribution in [0.15, 0.2) is 36.9 Å². The van der Waals surface area contributed by atoms with Gasteiger partial charge in [0.25, 0.3) is 0 Å². The topological polar surface area (TPSA) is 142 Å². The molecule has 1 aromatic rings. The third-order valence-corrected chi connectivity index (χ3v) is 5.30. The van der Waals surface area contributed by atoms with Crippen LogP contribution in [-0.4, -0.2) is 60.0 Å². The van der Waals surface area contributed by atoms with Gasteiger partial charge in [-0.2, -0.15) is 17.6 Å². The smallest absolute Gasteiger partial charge is 0.416 e. The Labute approximate surface area is 207 Å². The molecule has 14 heteroatoms. The Morgan fingerprint density at radius 2 is 1.27 bits per heavy atom. The summed E-state index contributed by atoms with van der Waals surface area (Å²) in [5.41, 5.74) is 0. The number of rotatable bonds is 11. The zero-order valence-electron chi connectivity index (χ0n) is 19.1. The normalized spacial score (nSPS) is 17.7. The van der Waals surface area contributed by atoms with Crippen molar-refractivity contribution >= 4 is 29.8 Å². The second-order valence-electron chi connectivity index (χ2n) is 7.83. The Bertz CT molecular complexity index is 1030. The van der Waals surface area contributed by atoms with Crippen molar-refractivity contribution in [1.29, 1.82) is 0 Å². The van der Waals surface area contributed by atoms with Crippen molar-refractivity contribution in [3.63, 3.8) is 0 Å². The molecule has 0 aliphatic heterocycles. The largest absolute Gasteiger partial charge is 0.481 e. The van der Waals surface area contributed by atoms with Crippen molar-refractivity contribution in [2.75, 3.05) is 13.2 Å². The fourth-order valence-corrected chi connectivity index (χ4v) is 3.20. The van der Waals surface area contributed by atoms with Crippen LogP contribution in [0.4, 0.5) is 17.6 Å². The quantitative estimate of drug-likeness (QED) is 0.148. The van der Waals surface area contributed by atoms with Crippen molar-refractivity contribution in [2.24, 2.45) is 11.8 Å². The molecule has 1 aliphatic rings. The summed E-state index contributed by atoms with van der Waals surface area (Å²) in [4.78, 5) is 57.2. The molecule has 2 rings (SSSR count). The van der Waals surface area contributed by atoms with Gasteiger partial charge < -0.3 is 24.1 Å². The molecule has 37 heavy (non-hydrogen) atoms. The molecule has 1 aliphatic carbocycles. The molecule has 1 fully saturated rings. The van der Waals surface area contributed by atoms with E-state index in [-0.39, 0.29) is 5.75 Å². The van der Waals surface area contributed by atoms with E-state index in [4.69, 9.17) is 9.84 Å². The highest BCUT2D eigenvalue weighted by Gasteiger charge is 2.69. The first-order valence-corrected chi connectivity index (χ1v) is 10.8. The van der Waals surface area contributed by atoms with Crippen LogP contribution in [0.3, 0.4) is 0 Å². The molecule has 1 N–H and O–H groups in total. The number of hydrogen-bond acceptors (Lipinski definition) is 9. The third-order valence-electron chi connectivity index (χ3n) is 5.30. The molecule has 1 saturated carbocycles. The zero-order chi connectivity index (χ0) is 27.8. The summed E-state index contributed by atoms with van der Waals surface area (Å²) in [7, 11) is 0. The lowest BCUT2D eigenvalue weighted by atomic mass is 9.82. The standard InChI is InChI=1S/C23H22F4O10/c1-2-17(28)34-11-12-35-20(32)22(24,25)23(26,27)21(33)37-16-9-7-15(8-10-16)36-19(31)14-5-3-13(4-6-14)18(29)30/h2,7-10,13-14H,1,3-6,11-12H2,(H,29,30)/t13-,14-. The maximum atomic E-state index is 14.0. The van der Waals surface area contributed by atoms with Crippen molar-refractivity contribution in [2.45, 2.75) is 37.5 Å². The average Bonchev–Trinajstić information content (AvgIpc) is 2.87. The van der Waals surface area contributed by atoms with Crippen LogP contribution in [0, 0.1) is 11.8 Å². The fourth-order valence-electron chi connectivity index (χ4n) is 3.20. The van der Waals surface area contributed by atoms with Gasteiger partial charge in [-0.05, 0) is 49.9 Å². The predicted molar refractivity (Wildman–Crippen MR) is 113 cm³/mol. The molecule has 0 radical (unpaired) electrons. The molecule has 0 aromatic heterocycles. The van der Waals surface area contributed by atoms with Crippen molar-refractivity contribution in [3.05, 3.63) is 36.9 Å². The van der Waals surface area contributed by atoms with Gasteiger partial charge in [0, 0.05) is 6.08 Å². The van der Waals surface area contributed by atoms with Gasteiger partial charge in [-0.25, -0.2) is 14.4 Å². The first kappa shape index (κ1) is 29.3. The number of alkyl halides is 4. The summed E-state index contributed by atoms with van der Waals surface area (Å²) in [6.45, 7) is 1.35. The molecule has 10 nitrogen and oxygen atoms in total. The van der Waals surface area contributed by atoms with Gasteiger partial charge in [0.1, 0.15) is 24.7 Å². The van der Waals surface area contributed by atoms with Gasteiger partial charge in [-0.1, -0.05) is 6.58 Å². The summed E-state index contributed by atoms with van der Waals surface area (Å²) in [6.07, 6.45) is 1.94. The molecule has 0 amide bonds. The lowest BCUT2D eigenvalue weighted by Crippen LogP contribution is -2.54. The SMILES string of the molecule is C=CC(=O)OCCOC(=O)C(F)(F)C(F)(F)C(=O)Oc1ccc(OC(=O)[C@H]2CC[C@H](C(=O)O)CC2)cc1. The van der Waals surface area contributed by atoms with Crippen LogP contribution in [0.25, 0.3) is 0 Å². The van der Waals surface area contributed by atoms with Crippen LogP contribution in [0.1, 0.15) is 25.7 Å². The minimum Gasteiger partial charge on any atom is -0.481 e. The molecule has 1 aromatic carbocycles. The maximum Gasteiger partial charge on any atom is 0.416 e. The Morgan fingerprint density at radius 3 is 1.78 bits per heavy atom. The van der Waals surface area contributed by atoms with E-state index in [1.54, 1.807) is 0 Å². The van der Waals surface area contributed by atoms with E-state index in [0.717, 1.165) is 30.3 Å². The molecule has 0 unspecified atom stereocenters. The first-order chi connectivity index (χ1) is 17.3. The number of halogens is 4. The molecule has 0 spiro atoms. The van der Waals surface area contributed by atoms with E-state index < -0.39 is 72.5 Å². The number of aliphatic carboxylic acids is 1. The van der Waals surface area contributed by atoms with E-state index >= 15 is 0 Å². The third kappa shape index (κ3) is 7.51. The Hall–Kier alpha value is -3.97. The molecule has 0 heterocycles. The molecular weight excluding hydrogens is 512 g/mol. The van der Waals surface area contributed by atoms with Gasteiger partial charge in [0.05, 0.1) is 11.8 Å². The number of carbonyl (C=O) groups excluding carboxylic acids is 4. The number of carboxylic acid groups (broad SMARTS) is 1. The number of carboxylic acids is 1. The fraction of sp³-hybridized carbons (Fsp3) is 0.435. The zero-order valence-corrected chi connectivity index (χ0v) is 19.1. The lowest BCUT2D eigenvalue weighted by molar-refractivity contribution is -0.233. The number of carbonyl (C=O) groups is 5. The molecule has 0 bridgehead atoms. The molecule has 0 atom stereocenters. The maximum absolute atomic E-state index is 14.0. The number of esters is 4. The van der Waals surface area contributed by atoms with Crippen molar-refractivity contribution < 1.29 is 65.6 Å². The van der Waals surface area contributed by atoms with Gasteiger partial charge in [-0.3, -0.25) is 9.59 Å². The lowest BCUT2D eigenvalue weighted by Gasteiger charge is -2.24. The van der Waals surface area contributed by atoms with Crippen LogP contribution >= 0.6 is 0 Å². The van der Waals surface area contributed by atoms with Crippen molar-refractivity contribution in [1.82, 2.24) is 0 Å². The number of hydrogen-bond donors (Lipinski definition) is 1. The van der Waals surface area contributed by atoms with E-state index in [9.17, 15) is 41.5 Å². The van der Waals surface area contributed by atoms with Gasteiger partial charge >= 0.3 is 41.7 Å². The Kier molecular flexibility index (Phi) is 9.74. The summed E-state index contributed by atoms with van der Waals surface area (Å²) < 4.78 is 73.5. The first-order valence-electron chi connectivity index (χ1n) is 10.8. The van der Waals surface area contributed by atoms with Gasteiger partial charge in [0.15, 0.2) is 0 Å². The van der Waals surface area contributed by atoms with E-state index in [0.29, 0.717) is 25.7 Å². The van der Waals surface area contributed by atoms with Crippen LogP contribution < -0.4 is 9.47 Å². The van der Waals surface area contributed by atoms with Crippen molar-refractivity contribution in [3.8, 4) is 11.5 Å². The summed E-state index contributed by atoms with van der Waals surface area (Å²) >= 11 is 0. The van der Waals surface area contributed by atoms with Crippen LogP contribution in [0.2, 0.25) is 0 Å². The number of benzene rings is 1. The average molecular weight is 534 g/mol. The van der Waals surface area contributed by atoms with E-state index in [1.165, 1.54) is 0 Å². The summed E-state index contributed by atoms with van der Waals surface area (Å²) in [6, 6.07) is 3.89. The summed E-state index contributed by atoms with van der Waals surface area (Å²) in [5, 5.41) is 9.00. The van der Waals surface area contributed by atoms with E-state index in [2.05, 4.69) is 20.8 Å². The van der Waals surface area contributed by atoms with Gasteiger partial charge in [0.2, 0.25) is 0 Å². The second kappa shape index (κ2) is 12.3. The highest BCUT2D eigenvalue weighted by atomic mass is 19.3. The number of ether oxygens (including phenoxy) is 4. The minimum absolute atomic E-state index is 0.0667. The molecule has 0 saturated heterocycles. The summed E-state index contributed by atoms with van der Waals surface area (Å²) in [5.74, 6) is -21.0. The van der Waals surface area contributed by atoms with Gasteiger partial charge in [-0.15, -0.1) is 0 Å². The monoisotopic (exact) mass is 534 g/mol. The highest BCUT2D eigenvalue weighted by molar-refractivity contribution is 5.91. The minimum atomic E-state index is -5.62. The van der Waals surface area contributed by atoms with Crippen LogP contribution in [0.5, 0.6) is 11.5 Å². The molecule has 202 valence electrons. The predicted octanol–water partition coefficient (Wildman–Crippen LogP) is 2.93. The Balaban J connectivity index is 1.91. The van der Waals surface area contributed by atoms with E-state index in [1.807, 2.05) is 0 Å². The second-order valence-corrected chi connectivity index (χ2v) is 7.83.